The molecule has 2 aromatic rings. The summed E-state index contributed by atoms with van der Waals surface area (Å²) in [5.41, 5.74) is 7.93. The molecular formula is C17H21N. The van der Waals surface area contributed by atoms with Gasteiger partial charge in [0.05, 0.1) is 0 Å². The summed E-state index contributed by atoms with van der Waals surface area (Å²) in [4.78, 5) is 0. The fourth-order valence-corrected chi connectivity index (χ4v) is 3.21. The van der Waals surface area contributed by atoms with Crippen LogP contribution in [0.1, 0.15) is 38.2 Å². The third kappa shape index (κ3) is 1.93. The van der Waals surface area contributed by atoms with Crippen LogP contribution in [0.2, 0.25) is 0 Å². The molecule has 0 aliphatic heterocycles. The molecule has 2 N–H and O–H groups in total. The Kier molecular flexibility index (Phi) is 2.87. The third-order valence-corrected chi connectivity index (χ3v) is 4.49. The van der Waals surface area contributed by atoms with Crippen LogP contribution in [-0.4, -0.2) is 0 Å². The lowest BCUT2D eigenvalue weighted by Gasteiger charge is -2.37. The number of rotatable bonds is 1. The minimum Gasteiger partial charge on any atom is -0.321 e. The van der Waals surface area contributed by atoms with Crippen LogP contribution in [0.25, 0.3) is 10.8 Å². The average Bonchev–Trinajstić information content (AvgIpc) is 2.42. The lowest BCUT2D eigenvalue weighted by Crippen LogP contribution is -2.40. The van der Waals surface area contributed by atoms with Gasteiger partial charge in [0.25, 0.3) is 0 Å². The predicted molar refractivity (Wildman–Crippen MR) is 77.4 cm³/mol. The van der Waals surface area contributed by atoms with Gasteiger partial charge in [-0.2, -0.15) is 0 Å². The van der Waals surface area contributed by atoms with Crippen molar-refractivity contribution in [2.24, 2.45) is 11.7 Å². The van der Waals surface area contributed by atoms with E-state index in [1.807, 2.05) is 0 Å². The summed E-state index contributed by atoms with van der Waals surface area (Å²) >= 11 is 0. The Bertz CT molecular complexity index is 545. The fraction of sp³-hybridized carbons (Fsp3) is 0.412. The number of fused-ring (bicyclic) bond motifs is 1. The Balaban J connectivity index is 2.08. The lowest BCUT2D eigenvalue weighted by atomic mass is 9.73. The summed E-state index contributed by atoms with van der Waals surface area (Å²) in [5.74, 6) is 0.830. The molecule has 0 amide bonds. The van der Waals surface area contributed by atoms with E-state index in [1.54, 1.807) is 0 Å². The quantitative estimate of drug-likeness (QED) is 0.793. The van der Waals surface area contributed by atoms with Gasteiger partial charge in [0, 0.05) is 5.54 Å². The molecule has 1 aliphatic rings. The number of nitrogens with two attached hydrogens (primary N) is 1. The van der Waals surface area contributed by atoms with Gasteiger partial charge in [-0.1, -0.05) is 49.4 Å². The highest BCUT2D eigenvalue weighted by Gasteiger charge is 2.32. The minimum absolute atomic E-state index is 0.118. The van der Waals surface area contributed by atoms with Crippen molar-refractivity contribution in [1.82, 2.24) is 0 Å². The van der Waals surface area contributed by atoms with E-state index in [0.29, 0.717) is 0 Å². The van der Waals surface area contributed by atoms with Gasteiger partial charge >= 0.3 is 0 Å². The van der Waals surface area contributed by atoms with E-state index in [2.05, 4.69) is 49.4 Å². The predicted octanol–water partition coefficient (Wildman–Crippen LogP) is 4.20. The van der Waals surface area contributed by atoms with E-state index in [0.717, 1.165) is 18.8 Å². The fourth-order valence-electron chi connectivity index (χ4n) is 3.21. The molecule has 0 atom stereocenters. The summed E-state index contributed by atoms with van der Waals surface area (Å²) < 4.78 is 0. The number of benzene rings is 2. The van der Waals surface area contributed by atoms with Crippen molar-refractivity contribution >= 4 is 10.8 Å². The van der Waals surface area contributed by atoms with Gasteiger partial charge < -0.3 is 5.73 Å². The summed E-state index contributed by atoms with van der Waals surface area (Å²) in [7, 11) is 0. The van der Waals surface area contributed by atoms with Gasteiger partial charge in [-0.05, 0) is 47.9 Å². The summed E-state index contributed by atoms with van der Waals surface area (Å²) in [6.07, 6.45) is 4.73. The molecule has 2 aromatic carbocycles. The van der Waals surface area contributed by atoms with Crippen LogP contribution < -0.4 is 5.73 Å². The zero-order valence-corrected chi connectivity index (χ0v) is 11.0. The molecule has 0 spiro atoms. The van der Waals surface area contributed by atoms with E-state index in [1.165, 1.54) is 29.2 Å². The molecule has 94 valence electrons. The summed E-state index contributed by atoms with van der Waals surface area (Å²) in [6.45, 7) is 2.34. The Morgan fingerprint density at radius 2 is 1.67 bits per heavy atom. The molecule has 18 heavy (non-hydrogen) atoms. The van der Waals surface area contributed by atoms with Gasteiger partial charge in [0.2, 0.25) is 0 Å². The van der Waals surface area contributed by atoms with Crippen molar-refractivity contribution in [3.05, 3.63) is 48.0 Å². The number of hydrogen-bond acceptors (Lipinski definition) is 1. The Morgan fingerprint density at radius 3 is 2.44 bits per heavy atom. The first-order valence-electron chi connectivity index (χ1n) is 6.96. The van der Waals surface area contributed by atoms with Crippen molar-refractivity contribution in [2.75, 3.05) is 0 Å². The van der Waals surface area contributed by atoms with Crippen LogP contribution in [0.4, 0.5) is 0 Å². The smallest absolute Gasteiger partial charge is 0.0416 e. The van der Waals surface area contributed by atoms with Gasteiger partial charge in [-0.3, -0.25) is 0 Å². The second-order valence-corrected chi connectivity index (χ2v) is 5.87. The minimum atomic E-state index is -0.118. The van der Waals surface area contributed by atoms with E-state index in [-0.39, 0.29) is 5.54 Å². The maximum atomic E-state index is 6.71. The topological polar surface area (TPSA) is 26.0 Å². The van der Waals surface area contributed by atoms with Crippen LogP contribution in [-0.2, 0) is 5.54 Å². The first-order valence-corrected chi connectivity index (χ1v) is 6.96. The van der Waals surface area contributed by atoms with Crippen LogP contribution in [0, 0.1) is 5.92 Å². The molecule has 0 aromatic heterocycles. The largest absolute Gasteiger partial charge is 0.321 e. The second kappa shape index (κ2) is 4.40. The van der Waals surface area contributed by atoms with Crippen molar-refractivity contribution in [2.45, 2.75) is 38.1 Å². The Morgan fingerprint density at radius 1 is 1.00 bits per heavy atom. The number of hydrogen-bond donors (Lipinski definition) is 1. The normalized spacial score (nSPS) is 28.4. The molecular weight excluding hydrogens is 218 g/mol. The lowest BCUT2D eigenvalue weighted by molar-refractivity contribution is 0.249. The van der Waals surface area contributed by atoms with Gasteiger partial charge in [0.1, 0.15) is 0 Å². The Hall–Kier alpha value is -1.34. The third-order valence-electron chi connectivity index (χ3n) is 4.49. The van der Waals surface area contributed by atoms with E-state index >= 15 is 0 Å². The molecule has 3 rings (SSSR count). The van der Waals surface area contributed by atoms with E-state index in [4.69, 9.17) is 5.73 Å². The van der Waals surface area contributed by atoms with Crippen molar-refractivity contribution in [3.63, 3.8) is 0 Å². The molecule has 0 saturated heterocycles. The molecule has 0 heterocycles. The maximum Gasteiger partial charge on any atom is 0.0416 e. The SMILES string of the molecule is CC1CCC(N)(c2cccc3ccccc23)CC1. The molecule has 0 bridgehead atoms. The van der Waals surface area contributed by atoms with Crippen LogP contribution in [0.15, 0.2) is 42.5 Å². The molecule has 1 nitrogen and oxygen atoms in total. The highest BCUT2D eigenvalue weighted by Crippen LogP contribution is 2.39. The molecule has 1 aliphatic carbocycles. The second-order valence-electron chi connectivity index (χ2n) is 5.87. The van der Waals surface area contributed by atoms with E-state index < -0.39 is 0 Å². The highest BCUT2D eigenvalue weighted by atomic mass is 14.7. The van der Waals surface area contributed by atoms with Gasteiger partial charge in [0.15, 0.2) is 0 Å². The van der Waals surface area contributed by atoms with Crippen molar-refractivity contribution in [3.8, 4) is 0 Å². The zero-order valence-electron chi connectivity index (χ0n) is 11.0. The first-order chi connectivity index (χ1) is 8.69. The van der Waals surface area contributed by atoms with Crippen molar-refractivity contribution < 1.29 is 0 Å². The molecule has 0 radical (unpaired) electrons. The molecule has 1 heteroatoms. The molecule has 1 fully saturated rings. The first kappa shape index (κ1) is 11.7. The monoisotopic (exact) mass is 239 g/mol. The molecule has 0 unspecified atom stereocenters. The van der Waals surface area contributed by atoms with E-state index in [9.17, 15) is 0 Å². The van der Waals surface area contributed by atoms with Gasteiger partial charge in [-0.25, -0.2) is 0 Å². The summed E-state index contributed by atoms with van der Waals surface area (Å²) in [6, 6.07) is 15.1. The molecule has 1 saturated carbocycles. The zero-order chi connectivity index (χ0) is 12.6. The van der Waals surface area contributed by atoms with Crippen LogP contribution >= 0.6 is 0 Å². The van der Waals surface area contributed by atoms with Crippen LogP contribution in [0.3, 0.4) is 0 Å². The highest BCUT2D eigenvalue weighted by molar-refractivity contribution is 5.86. The maximum absolute atomic E-state index is 6.71. The van der Waals surface area contributed by atoms with Gasteiger partial charge in [-0.15, -0.1) is 0 Å². The average molecular weight is 239 g/mol. The van der Waals surface area contributed by atoms with Crippen LogP contribution in [0.5, 0.6) is 0 Å². The summed E-state index contributed by atoms with van der Waals surface area (Å²) in [5, 5.41) is 2.63. The standard InChI is InChI=1S/C17H21N/c1-13-9-11-17(18,12-10-13)16-8-4-6-14-5-2-3-7-15(14)16/h2-8,13H,9-12,18H2,1H3. The van der Waals surface area contributed by atoms with Crippen molar-refractivity contribution in [1.29, 1.82) is 0 Å². The Labute approximate surface area is 109 Å².